The summed E-state index contributed by atoms with van der Waals surface area (Å²) in [6.07, 6.45) is 2.48. The van der Waals surface area contributed by atoms with Gasteiger partial charge in [-0.25, -0.2) is 0 Å². The van der Waals surface area contributed by atoms with Crippen molar-refractivity contribution in [2.24, 2.45) is 5.92 Å². The summed E-state index contributed by atoms with van der Waals surface area (Å²) in [6.45, 7) is 7.80. The molecule has 0 bridgehead atoms. The van der Waals surface area contributed by atoms with Gasteiger partial charge in [-0.2, -0.15) is 0 Å². The highest BCUT2D eigenvalue weighted by molar-refractivity contribution is 6.31. The molecule has 110 valence electrons. The maximum Gasteiger partial charge on any atom is 0.256 e. The lowest BCUT2D eigenvalue weighted by molar-refractivity contribution is 0.0697. The minimum atomic E-state index is 0.0744. The first-order chi connectivity index (χ1) is 9.52. The van der Waals surface area contributed by atoms with Gasteiger partial charge in [0.1, 0.15) is 0 Å². The van der Waals surface area contributed by atoms with Crippen molar-refractivity contribution in [2.75, 3.05) is 18.4 Å². The average Bonchev–Trinajstić information content (AvgIpc) is 3.21. The minimum Gasteiger partial charge on any atom is -0.385 e. The van der Waals surface area contributed by atoms with Crippen LogP contribution in [0.2, 0.25) is 5.02 Å². The lowest BCUT2D eigenvalue weighted by Gasteiger charge is -2.28. The van der Waals surface area contributed by atoms with E-state index < -0.39 is 0 Å². The Bertz CT molecular complexity index is 483. The number of hydrogen-bond donors (Lipinski definition) is 1. The molecule has 0 heterocycles. The van der Waals surface area contributed by atoms with Crippen LogP contribution in [0.3, 0.4) is 0 Å². The number of carbonyl (C=O) groups is 1. The third-order valence-corrected chi connectivity index (χ3v) is 3.85. The van der Waals surface area contributed by atoms with E-state index >= 15 is 0 Å². The number of hydrogen-bond acceptors (Lipinski definition) is 2. The Labute approximate surface area is 126 Å². The summed E-state index contributed by atoms with van der Waals surface area (Å²) in [4.78, 5) is 14.8. The fraction of sp³-hybridized carbons (Fsp3) is 0.562. The van der Waals surface area contributed by atoms with Gasteiger partial charge < -0.3 is 10.2 Å². The van der Waals surface area contributed by atoms with Crippen molar-refractivity contribution in [3.05, 3.63) is 28.8 Å². The van der Waals surface area contributed by atoms with E-state index in [1.54, 1.807) is 6.07 Å². The average molecular weight is 295 g/mol. The number of nitrogens with zero attached hydrogens (tertiary/aromatic N) is 1. The third-order valence-electron chi connectivity index (χ3n) is 3.62. The van der Waals surface area contributed by atoms with Gasteiger partial charge in [0.2, 0.25) is 0 Å². The Hall–Kier alpha value is -1.22. The van der Waals surface area contributed by atoms with Crippen molar-refractivity contribution in [1.82, 2.24) is 4.90 Å². The van der Waals surface area contributed by atoms with E-state index in [2.05, 4.69) is 19.2 Å². The number of rotatable bonds is 6. The summed E-state index contributed by atoms with van der Waals surface area (Å²) in [5.74, 6) is 0.758. The quantitative estimate of drug-likeness (QED) is 0.859. The Kier molecular flexibility index (Phi) is 4.92. The molecule has 1 aliphatic carbocycles. The zero-order chi connectivity index (χ0) is 14.7. The van der Waals surface area contributed by atoms with Gasteiger partial charge in [0.25, 0.3) is 5.91 Å². The zero-order valence-corrected chi connectivity index (χ0v) is 13.2. The molecular weight excluding hydrogens is 272 g/mol. The zero-order valence-electron chi connectivity index (χ0n) is 12.4. The van der Waals surface area contributed by atoms with Gasteiger partial charge in [0, 0.05) is 29.8 Å². The van der Waals surface area contributed by atoms with Gasteiger partial charge in [0.15, 0.2) is 0 Å². The van der Waals surface area contributed by atoms with E-state index in [4.69, 9.17) is 11.6 Å². The van der Waals surface area contributed by atoms with Crippen molar-refractivity contribution in [1.29, 1.82) is 0 Å². The molecule has 3 nitrogen and oxygen atoms in total. The van der Waals surface area contributed by atoms with E-state index in [1.165, 1.54) is 12.8 Å². The highest BCUT2D eigenvalue weighted by atomic mass is 35.5. The summed E-state index contributed by atoms with van der Waals surface area (Å²) in [7, 11) is 0. The SMILES string of the molecule is CCNc1ccc(Cl)cc1C(=O)N(CC1CC1)C(C)C. The van der Waals surface area contributed by atoms with Crippen LogP contribution in [0.25, 0.3) is 0 Å². The molecular formula is C16H23ClN2O. The lowest BCUT2D eigenvalue weighted by atomic mass is 10.1. The van der Waals surface area contributed by atoms with Crippen molar-refractivity contribution < 1.29 is 4.79 Å². The molecule has 1 aromatic carbocycles. The van der Waals surface area contributed by atoms with Gasteiger partial charge in [-0.05, 0) is 57.7 Å². The van der Waals surface area contributed by atoms with E-state index in [1.807, 2.05) is 24.0 Å². The van der Waals surface area contributed by atoms with Crippen LogP contribution >= 0.6 is 11.6 Å². The summed E-state index contributed by atoms with van der Waals surface area (Å²) in [5.41, 5.74) is 1.54. The number of halogens is 1. The van der Waals surface area contributed by atoms with E-state index in [-0.39, 0.29) is 11.9 Å². The Morgan fingerprint density at radius 3 is 2.70 bits per heavy atom. The van der Waals surface area contributed by atoms with Crippen LogP contribution < -0.4 is 5.32 Å². The van der Waals surface area contributed by atoms with Gasteiger partial charge >= 0.3 is 0 Å². The molecule has 0 radical (unpaired) electrons. The molecule has 0 atom stereocenters. The van der Waals surface area contributed by atoms with Crippen LogP contribution in [0, 0.1) is 5.92 Å². The molecule has 0 aromatic heterocycles. The maximum absolute atomic E-state index is 12.8. The smallest absolute Gasteiger partial charge is 0.256 e. The predicted octanol–water partition coefficient (Wildman–Crippen LogP) is 4.03. The van der Waals surface area contributed by atoms with Gasteiger partial charge in [0.05, 0.1) is 5.56 Å². The molecule has 1 aromatic rings. The molecule has 2 rings (SSSR count). The molecule has 20 heavy (non-hydrogen) atoms. The number of carbonyl (C=O) groups excluding carboxylic acids is 1. The number of benzene rings is 1. The van der Waals surface area contributed by atoms with E-state index in [0.717, 1.165) is 18.8 Å². The second-order valence-corrected chi connectivity index (χ2v) is 6.15. The standard InChI is InChI=1S/C16H23ClN2O/c1-4-18-15-8-7-13(17)9-14(15)16(20)19(11(2)3)10-12-5-6-12/h7-9,11-12,18H,4-6,10H2,1-3H3. The van der Waals surface area contributed by atoms with Gasteiger partial charge in [-0.3, -0.25) is 4.79 Å². The normalized spacial score (nSPS) is 14.4. The first kappa shape index (κ1) is 15.2. The second-order valence-electron chi connectivity index (χ2n) is 5.71. The molecule has 0 saturated heterocycles. The Morgan fingerprint density at radius 1 is 1.45 bits per heavy atom. The van der Waals surface area contributed by atoms with Crippen molar-refractivity contribution in [3.8, 4) is 0 Å². The van der Waals surface area contributed by atoms with Crippen LogP contribution in [0.1, 0.15) is 44.0 Å². The topological polar surface area (TPSA) is 32.3 Å². The Balaban J connectivity index is 2.26. The highest BCUT2D eigenvalue weighted by Gasteiger charge is 2.29. The monoisotopic (exact) mass is 294 g/mol. The molecule has 0 aliphatic heterocycles. The second kappa shape index (κ2) is 6.49. The molecule has 1 fully saturated rings. The molecule has 1 N–H and O–H groups in total. The minimum absolute atomic E-state index is 0.0744. The maximum atomic E-state index is 12.8. The predicted molar refractivity (Wildman–Crippen MR) is 84.5 cm³/mol. The molecule has 0 unspecified atom stereocenters. The lowest BCUT2D eigenvalue weighted by Crippen LogP contribution is -2.38. The van der Waals surface area contributed by atoms with Crippen LogP contribution in [0.15, 0.2) is 18.2 Å². The number of anilines is 1. The molecule has 1 aliphatic rings. The fourth-order valence-corrected chi connectivity index (χ4v) is 2.47. The summed E-state index contributed by atoms with van der Waals surface area (Å²) < 4.78 is 0. The molecule has 1 amide bonds. The first-order valence-corrected chi connectivity index (χ1v) is 7.75. The summed E-state index contributed by atoms with van der Waals surface area (Å²) in [5, 5.41) is 3.84. The first-order valence-electron chi connectivity index (χ1n) is 7.37. The summed E-state index contributed by atoms with van der Waals surface area (Å²) >= 11 is 6.06. The number of amides is 1. The molecule has 1 saturated carbocycles. The van der Waals surface area contributed by atoms with E-state index in [9.17, 15) is 4.79 Å². The van der Waals surface area contributed by atoms with Crippen molar-refractivity contribution in [3.63, 3.8) is 0 Å². The van der Waals surface area contributed by atoms with Crippen LogP contribution in [0.4, 0.5) is 5.69 Å². The highest BCUT2D eigenvalue weighted by Crippen LogP contribution is 2.31. The van der Waals surface area contributed by atoms with Crippen LogP contribution in [-0.4, -0.2) is 29.9 Å². The fourth-order valence-electron chi connectivity index (χ4n) is 2.30. The molecule has 4 heteroatoms. The third kappa shape index (κ3) is 3.66. The largest absolute Gasteiger partial charge is 0.385 e. The van der Waals surface area contributed by atoms with Crippen LogP contribution in [-0.2, 0) is 0 Å². The van der Waals surface area contributed by atoms with Crippen LogP contribution in [0.5, 0.6) is 0 Å². The van der Waals surface area contributed by atoms with Gasteiger partial charge in [-0.1, -0.05) is 11.6 Å². The van der Waals surface area contributed by atoms with Gasteiger partial charge in [-0.15, -0.1) is 0 Å². The summed E-state index contributed by atoms with van der Waals surface area (Å²) in [6, 6.07) is 5.67. The molecule has 0 spiro atoms. The number of nitrogens with one attached hydrogen (secondary N) is 1. The van der Waals surface area contributed by atoms with Crippen molar-refractivity contribution in [2.45, 2.75) is 39.7 Å². The van der Waals surface area contributed by atoms with Crippen molar-refractivity contribution >= 4 is 23.2 Å². The van der Waals surface area contributed by atoms with E-state index in [0.29, 0.717) is 16.5 Å². The Morgan fingerprint density at radius 2 is 2.15 bits per heavy atom.